The van der Waals surface area contributed by atoms with Gasteiger partial charge in [0, 0.05) is 16.6 Å². The highest BCUT2D eigenvalue weighted by Crippen LogP contribution is 2.23. The molecule has 0 radical (unpaired) electrons. The van der Waals surface area contributed by atoms with Gasteiger partial charge in [0.15, 0.2) is 0 Å². The fourth-order valence-electron chi connectivity index (χ4n) is 1.16. The van der Waals surface area contributed by atoms with E-state index < -0.39 is 0 Å². The Balaban J connectivity index is 2.68. The first-order valence-corrected chi connectivity index (χ1v) is 6.30. The number of carbonyl (C=O) groups is 1. The molecule has 1 rings (SSSR count). The van der Waals surface area contributed by atoms with Crippen LogP contribution in [0.15, 0.2) is 15.9 Å². The molecule has 15 heavy (non-hydrogen) atoms. The molecule has 0 aromatic carbocycles. The Hall–Kier alpha value is -0.390. The fraction of sp³-hybridized carbons (Fsp3) is 0.500. The van der Waals surface area contributed by atoms with E-state index in [1.54, 1.807) is 0 Å². The molecule has 0 spiro atoms. The number of hydrogen-bond donors (Lipinski definition) is 2. The van der Waals surface area contributed by atoms with Crippen LogP contribution >= 0.6 is 27.3 Å². The lowest BCUT2D eigenvalue weighted by molar-refractivity contribution is 0.0903. The lowest BCUT2D eigenvalue weighted by Gasteiger charge is -2.25. The third-order valence-electron chi connectivity index (χ3n) is 2.01. The van der Waals surface area contributed by atoms with Crippen molar-refractivity contribution in [2.45, 2.75) is 25.8 Å². The van der Waals surface area contributed by atoms with Gasteiger partial charge in [0.1, 0.15) is 4.88 Å². The highest BCUT2D eigenvalue weighted by molar-refractivity contribution is 9.10. The first-order chi connectivity index (χ1) is 6.96. The van der Waals surface area contributed by atoms with Gasteiger partial charge in [-0.25, -0.2) is 0 Å². The number of carbonyl (C=O) groups excluding carboxylic acids is 1. The van der Waals surface area contributed by atoms with Crippen LogP contribution < -0.4 is 5.32 Å². The Bertz CT molecular complexity index is 349. The standard InChI is InChI=1S/C10H14BrNO2S/c1-10(2,4-5-13)12-9(14)8-7(11)3-6-15-8/h3,6,13H,4-5H2,1-2H3,(H,12,14). The summed E-state index contributed by atoms with van der Waals surface area (Å²) in [5.74, 6) is -0.102. The highest BCUT2D eigenvalue weighted by atomic mass is 79.9. The molecule has 0 saturated heterocycles. The smallest absolute Gasteiger partial charge is 0.262 e. The molecular formula is C10H14BrNO2S. The van der Waals surface area contributed by atoms with E-state index in [1.807, 2.05) is 25.3 Å². The lowest BCUT2D eigenvalue weighted by atomic mass is 10.0. The summed E-state index contributed by atoms with van der Waals surface area (Å²) in [4.78, 5) is 12.5. The van der Waals surface area contributed by atoms with Gasteiger partial charge in [-0.15, -0.1) is 11.3 Å². The first-order valence-electron chi connectivity index (χ1n) is 4.62. The molecule has 3 nitrogen and oxygen atoms in total. The quantitative estimate of drug-likeness (QED) is 0.895. The normalized spacial score (nSPS) is 11.5. The minimum Gasteiger partial charge on any atom is -0.396 e. The zero-order valence-corrected chi connectivity index (χ0v) is 11.1. The zero-order chi connectivity index (χ0) is 11.5. The number of halogens is 1. The fourth-order valence-corrected chi connectivity index (χ4v) is 2.61. The topological polar surface area (TPSA) is 49.3 Å². The van der Waals surface area contributed by atoms with E-state index in [2.05, 4.69) is 21.2 Å². The summed E-state index contributed by atoms with van der Waals surface area (Å²) in [6.45, 7) is 3.85. The van der Waals surface area contributed by atoms with Gasteiger partial charge in [0.25, 0.3) is 5.91 Å². The average molecular weight is 292 g/mol. The van der Waals surface area contributed by atoms with Crippen molar-refractivity contribution in [2.75, 3.05) is 6.61 Å². The SMILES string of the molecule is CC(C)(CCO)NC(=O)c1sccc1Br. The molecule has 5 heteroatoms. The number of aliphatic hydroxyl groups excluding tert-OH is 1. The number of thiophene rings is 1. The van der Waals surface area contributed by atoms with Crippen LogP contribution in [0.3, 0.4) is 0 Å². The van der Waals surface area contributed by atoms with Crippen LogP contribution in [-0.4, -0.2) is 23.2 Å². The van der Waals surface area contributed by atoms with E-state index in [0.717, 1.165) is 4.47 Å². The van der Waals surface area contributed by atoms with Gasteiger partial charge < -0.3 is 10.4 Å². The zero-order valence-electron chi connectivity index (χ0n) is 8.71. The molecule has 1 aromatic rings. The number of nitrogens with one attached hydrogen (secondary N) is 1. The van der Waals surface area contributed by atoms with Crippen molar-refractivity contribution in [3.63, 3.8) is 0 Å². The van der Waals surface area contributed by atoms with Gasteiger partial charge >= 0.3 is 0 Å². The summed E-state index contributed by atoms with van der Waals surface area (Å²) in [5, 5.41) is 13.6. The molecule has 0 aliphatic carbocycles. The van der Waals surface area contributed by atoms with Crippen LogP contribution in [0.4, 0.5) is 0 Å². The average Bonchev–Trinajstić information content (AvgIpc) is 2.50. The van der Waals surface area contributed by atoms with Gasteiger partial charge in [0.05, 0.1) is 0 Å². The van der Waals surface area contributed by atoms with Crippen molar-refractivity contribution < 1.29 is 9.90 Å². The summed E-state index contributed by atoms with van der Waals surface area (Å²) < 4.78 is 0.810. The van der Waals surface area contributed by atoms with Gasteiger partial charge in [-0.05, 0) is 47.6 Å². The third kappa shape index (κ3) is 3.59. The molecule has 0 bridgehead atoms. The number of hydrogen-bond acceptors (Lipinski definition) is 3. The molecule has 1 amide bonds. The monoisotopic (exact) mass is 291 g/mol. The number of rotatable bonds is 4. The minimum atomic E-state index is -0.380. The van der Waals surface area contributed by atoms with Crippen molar-refractivity contribution in [3.8, 4) is 0 Å². The predicted molar refractivity (Wildman–Crippen MR) is 65.3 cm³/mol. The molecule has 0 atom stereocenters. The van der Waals surface area contributed by atoms with E-state index in [9.17, 15) is 4.79 Å². The molecule has 0 fully saturated rings. The van der Waals surface area contributed by atoms with E-state index >= 15 is 0 Å². The van der Waals surface area contributed by atoms with Crippen molar-refractivity contribution in [3.05, 3.63) is 20.8 Å². The molecule has 84 valence electrons. The van der Waals surface area contributed by atoms with Crippen molar-refractivity contribution in [1.29, 1.82) is 0 Å². The first kappa shape index (κ1) is 12.7. The maximum Gasteiger partial charge on any atom is 0.262 e. The molecule has 0 aliphatic heterocycles. The van der Waals surface area contributed by atoms with Gasteiger partial charge in [-0.3, -0.25) is 4.79 Å². The summed E-state index contributed by atoms with van der Waals surface area (Å²) >= 11 is 4.71. The van der Waals surface area contributed by atoms with Gasteiger partial charge in [-0.2, -0.15) is 0 Å². The Morgan fingerprint density at radius 1 is 1.67 bits per heavy atom. The Morgan fingerprint density at radius 3 is 2.80 bits per heavy atom. The van der Waals surface area contributed by atoms with Crippen LogP contribution in [0.1, 0.15) is 29.9 Å². The molecule has 2 N–H and O–H groups in total. The van der Waals surface area contributed by atoms with Crippen LogP contribution in [0.5, 0.6) is 0 Å². The Labute approximate surface area is 102 Å². The maximum absolute atomic E-state index is 11.8. The highest BCUT2D eigenvalue weighted by Gasteiger charge is 2.22. The van der Waals surface area contributed by atoms with E-state index in [-0.39, 0.29) is 18.1 Å². The van der Waals surface area contributed by atoms with Gasteiger partial charge in [0.2, 0.25) is 0 Å². The third-order valence-corrected chi connectivity index (χ3v) is 3.85. The van der Waals surface area contributed by atoms with Crippen LogP contribution in [0.2, 0.25) is 0 Å². The molecule has 0 saturated carbocycles. The summed E-state index contributed by atoms with van der Waals surface area (Å²) in [5.41, 5.74) is -0.380. The molecular weight excluding hydrogens is 278 g/mol. The van der Waals surface area contributed by atoms with Crippen molar-refractivity contribution in [1.82, 2.24) is 5.32 Å². The van der Waals surface area contributed by atoms with Crippen molar-refractivity contribution in [2.24, 2.45) is 0 Å². The molecule has 0 aliphatic rings. The predicted octanol–water partition coefficient (Wildman–Crippen LogP) is 2.40. The van der Waals surface area contributed by atoms with Crippen LogP contribution in [0.25, 0.3) is 0 Å². The summed E-state index contributed by atoms with van der Waals surface area (Å²) in [7, 11) is 0. The summed E-state index contributed by atoms with van der Waals surface area (Å²) in [6, 6.07) is 1.85. The van der Waals surface area contributed by atoms with Crippen molar-refractivity contribution >= 4 is 33.2 Å². The maximum atomic E-state index is 11.8. The van der Waals surface area contributed by atoms with E-state index in [0.29, 0.717) is 11.3 Å². The molecule has 1 heterocycles. The number of aliphatic hydroxyl groups is 1. The van der Waals surface area contributed by atoms with Gasteiger partial charge in [-0.1, -0.05) is 0 Å². The Kier molecular flexibility index (Phi) is 4.31. The second-order valence-corrected chi connectivity index (χ2v) is 5.68. The largest absolute Gasteiger partial charge is 0.396 e. The van der Waals surface area contributed by atoms with Crippen LogP contribution in [0, 0.1) is 0 Å². The molecule has 1 aromatic heterocycles. The summed E-state index contributed by atoms with van der Waals surface area (Å²) in [6.07, 6.45) is 0.543. The number of amides is 1. The van der Waals surface area contributed by atoms with E-state index in [1.165, 1.54) is 11.3 Å². The van der Waals surface area contributed by atoms with Crippen LogP contribution in [-0.2, 0) is 0 Å². The Morgan fingerprint density at radius 2 is 2.33 bits per heavy atom. The lowest BCUT2D eigenvalue weighted by Crippen LogP contribution is -2.43. The second-order valence-electron chi connectivity index (χ2n) is 3.91. The second kappa shape index (κ2) is 5.09. The minimum absolute atomic E-state index is 0.0683. The molecule has 0 unspecified atom stereocenters. The van der Waals surface area contributed by atoms with E-state index in [4.69, 9.17) is 5.11 Å².